The molecule has 2 aromatic carbocycles. The van der Waals surface area contributed by atoms with Crippen molar-refractivity contribution in [1.29, 1.82) is 0 Å². The van der Waals surface area contributed by atoms with Crippen molar-refractivity contribution in [2.24, 2.45) is 4.99 Å². The van der Waals surface area contributed by atoms with Crippen molar-refractivity contribution in [2.75, 3.05) is 20.2 Å². The Balaban J connectivity index is 0.00000364. The summed E-state index contributed by atoms with van der Waals surface area (Å²) in [6, 6.07) is 14.4. The minimum atomic E-state index is -0.406. The summed E-state index contributed by atoms with van der Waals surface area (Å²) in [7, 11) is 1.67. The minimum Gasteiger partial charge on any atom is -0.496 e. The summed E-state index contributed by atoms with van der Waals surface area (Å²) in [5.41, 5.74) is 2.13. The molecule has 0 spiro atoms. The second kappa shape index (κ2) is 12.1. The van der Waals surface area contributed by atoms with E-state index in [1.54, 1.807) is 19.2 Å². The Morgan fingerprint density at radius 3 is 2.48 bits per heavy atom. The average molecular weight is 484 g/mol. The summed E-state index contributed by atoms with van der Waals surface area (Å²) in [6.45, 7) is 3.92. The molecule has 0 bridgehead atoms. The van der Waals surface area contributed by atoms with Crippen LogP contribution in [0.2, 0.25) is 0 Å². The fourth-order valence-electron chi connectivity index (χ4n) is 2.46. The molecule has 2 aromatic rings. The van der Waals surface area contributed by atoms with Crippen LogP contribution in [-0.4, -0.2) is 31.1 Å². The van der Waals surface area contributed by atoms with Crippen LogP contribution in [-0.2, 0) is 13.0 Å². The first-order chi connectivity index (χ1) is 12.6. The van der Waals surface area contributed by atoms with E-state index < -0.39 is 4.92 Å². The molecule has 0 aliphatic rings. The molecule has 0 atom stereocenters. The van der Waals surface area contributed by atoms with Crippen LogP contribution in [0.5, 0.6) is 5.75 Å². The van der Waals surface area contributed by atoms with E-state index in [1.165, 1.54) is 12.1 Å². The van der Waals surface area contributed by atoms with Crippen molar-refractivity contribution in [3.63, 3.8) is 0 Å². The molecule has 27 heavy (non-hydrogen) atoms. The molecule has 0 heterocycles. The van der Waals surface area contributed by atoms with Crippen LogP contribution in [0.15, 0.2) is 53.5 Å². The van der Waals surface area contributed by atoms with Gasteiger partial charge in [0.15, 0.2) is 5.96 Å². The number of halogens is 1. The lowest BCUT2D eigenvalue weighted by molar-refractivity contribution is -0.384. The van der Waals surface area contributed by atoms with Gasteiger partial charge < -0.3 is 15.4 Å². The van der Waals surface area contributed by atoms with Gasteiger partial charge in [-0.2, -0.15) is 0 Å². The number of para-hydroxylation sites is 1. The van der Waals surface area contributed by atoms with Gasteiger partial charge >= 0.3 is 0 Å². The van der Waals surface area contributed by atoms with Crippen molar-refractivity contribution in [2.45, 2.75) is 19.9 Å². The Bertz CT molecular complexity index is 751. The zero-order chi connectivity index (χ0) is 18.8. The molecule has 8 heteroatoms. The molecule has 0 radical (unpaired) electrons. The lowest BCUT2D eigenvalue weighted by atomic mass is 10.1. The highest BCUT2D eigenvalue weighted by atomic mass is 127. The number of hydrogen-bond donors (Lipinski definition) is 2. The number of nitrogens with zero attached hydrogens (tertiary/aromatic N) is 2. The van der Waals surface area contributed by atoms with Crippen LogP contribution in [0.1, 0.15) is 18.1 Å². The minimum absolute atomic E-state index is 0. The maximum Gasteiger partial charge on any atom is 0.269 e. The Morgan fingerprint density at radius 2 is 1.85 bits per heavy atom. The van der Waals surface area contributed by atoms with E-state index in [1.807, 2.05) is 31.2 Å². The molecule has 0 amide bonds. The molecule has 2 N–H and O–H groups in total. The van der Waals surface area contributed by atoms with Crippen LogP contribution in [0, 0.1) is 10.1 Å². The van der Waals surface area contributed by atoms with Crippen LogP contribution >= 0.6 is 24.0 Å². The van der Waals surface area contributed by atoms with E-state index >= 15 is 0 Å². The van der Waals surface area contributed by atoms with Crippen LogP contribution in [0.4, 0.5) is 5.69 Å². The number of aliphatic imine (C=N–C) groups is 1. The predicted octanol–water partition coefficient (Wildman–Crippen LogP) is 3.52. The Kier molecular flexibility index (Phi) is 10.2. The maximum atomic E-state index is 10.7. The molecule has 0 fully saturated rings. The number of guanidine groups is 1. The van der Waals surface area contributed by atoms with Gasteiger partial charge in [0.2, 0.25) is 0 Å². The molecule has 0 aromatic heterocycles. The third kappa shape index (κ3) is 7.41. The van der Waals surface area contributed by atoms with Crippen molar-refractivity contribution >= 4 is 35.6 Å². The van der Waals surface area contributed by atoms with Crippen LogP contribution < -0.4 is 15.4 Å². The Labute approximate surface area is 176 Å². The third-order valence-electron chi connectivity index (χ3n) is 3.79. The molecule has 0 unspecified atom stereocenters. The highest BCUT2D eigenvalue weighted by Gasteiger charge is 2.05. The number of ether oxygens (including phenoxy) is 1. The van der Waals surface area contributed by atoms with E-state index in [2.05, 4.69) is 15.6 Å². The summed E-state index contributed by atoms with van der Waals surface area (Å²) in [5.74, 6) is 1.59. The third-order valence-corrected chi connectivity index (χ3v) is 3.79. The zero-order valence-electron chi connectivity index (χ0n) is 15.5. The lowest BCUT2D eigenvalue weighted by Crippen LogP contribution is -2.38. The molecular weight excluding hydrogens is 459 g/mol. The highest BCUT2D eigenvalue weighted by Crippen LogP contribution is 2.17. The largest absolute Gasteiger partial charge is 0.496 e. The first-order valence-electron chi connectivity index (χ1n) is 8.51. The Hall–Kier alpha value is -2.36. The molecule has 0 saturated heterocycles. The molecule has 7 nitrogen and oxygen atoms in total. The number of non-ortho nitro benzene ring substituents is 1. The van der Waals surface area contributed by atoms with Gasteiger partial charge in [-0.05, 0) is 30.5 Å². The molecule has 0 aliphatic carbocycles. The van der Waals surface area contributed by atoms with Crippen molar-refractivity contribution in [3.05, 3.63) is 69.8 Å². The number of rotatable bonds is 8. The molecule has 146 valence electrons. The second-order valence-corrected chi connectivity index (χ2v) is 5.61. The first kappa shape index (κ1) is 22.7. The van der Waals surface area contributed by atoms with Gasteiger partial charge in [0, 0.05) is 25.2 Å². The van der Waals surface area contributed by atoms with Gasteiger partial charge in [-0.1, -0.05) is 30.3 Å². The van der Waals surface area contributed by atoms with Gasteiger partial charge in [0.25, 0.3) is 5.69 Å². The number of hydrogen-bond acceptors (Lipinski definition) is 4. The van der Waals surface area contributed by atoms with Gasteiger partial charge in [0.1, 0.15) is 5.75 Å². The van der Waals surface area contributed by atoms with E-state index in [-0.39, 0.29) is 29.7 Å². The van der Waals surface area contributed by atoms with Crippen molar-refractivity contribution in [1.82, 2.24) is 10.6 Å². The van der Waals surface area contributed by atoms with E-state index in [0.717, 1.165) is 29.8 Å². The fourth-order valence-corrected chi connectivity index (χ4v) is 2.46. The van der Waals surface area contributed by atoms with Gasteiger partial charge in [-0.15, -0.1) is 24.0 Å². The van der Waals surface area contributed by atoms with E-state index in [4.69, 9.17) is 4.74 Å². The number of benzene rings is 2. The fraction of sp³-hybridized carbons (Fsp3) is 0.316. The smallest absolute Gasteiger partial charge is 0.269 e. The van der Waals surface area contributed by atoms with Crippen LogP contribution in [0.25, 0.3) is 0 Å². The lowest BCUT2D eigenvalue weighted by Gasteiger charge is -2.12. The van der Waals surface area contributed by atoms with Crippen LogP contribution in [0.3, 0.4) is 0 Å². The zero-order valence-corrected chi connectivity index (χ0v) is 17.8. The summed E-state index contributed by atoms with van der Waals surface area (Å²) in [4.78, 5) is 14.8. The quantitative estimate of drug-likeness (QED) is 0.197. The molecule has 2 rings (SSSR count). The first-order valence-corrected chi connectivity index (χ1v) is 8.51. The van der Waals surface area contributed by atoms with Gasteiger partial charge in [0.05, 0.1) is 18.6 Å². The summed E-state index contributed by atoms with van der Waals surface area (Å²) < 4.78 is 5.36. The standard InChI is InChI=1S/C19H24N4O3.HI/c1-3-20-19(21-13-12-16-6-4-5-7-18(16)26-2)22-14-15-8-10-17(11-9-15)23(24)25;/h4-11H,3,12-14H2,1-2H3,(H2,20,21,22);1H. The number of nitro benzene ring substituents is 1. The number of methoxy groups -OCH3 is 1. The van der Waals surface area contributed by atoms with Gasteiger partial charge in [-0.25, -0.2) is 4.99 Å². The van der Waals surface area contributed by atoms with E-state index in [0.29, 0.717) is 19.0 Å². The normalized spacial score (nSPS) is 10.7. The molecule has 0 aliphatic heterocycles. The summed E-state index contributed by atoms with van der Waals surface area (Å²) in [6.07, 6.45) is 0.811. The number of nitro groups is 1. The Morgan fingerprint density at radius 1 is 1.15 bits per heavy atom. The maximum absolute atomic E-state index is 10.7. The predicted molar refractivity (Wildman–Crippen MR) is 118 cm³/mol. The highest BCUT2D eigenvalue weighted by molar-refractivity contribution is 14.0. The number of nitrogens with one attached hydrogen (secondary N) is 2. The second-order valence-electron chi connectivity index (χ2n) is 5.61. The average Bonchev–Trinajstić information content (AvgIpc) is 2.66. The van der Waals surface area contributed by atoms with E-state index in [9.17, 15) is 10.1 Å². The summed E-state index contributed by atoms with van der Waals surface area (Å²) >= 11 is 0. The molecule has 0 saturated carbocycles. The topological polar surface area (TPSA) is 88.8 Å². The monoisotopic (exact) mass is 484 g/mol. The molecular formula is C19H25IN4O3. The summed E-state index contributed by atoms with van der Waals surface area (Å²) in [5, 5.41) is 17.2. The van der Waals surface area contributed by atoms with Crippen molar-refractivity contribution in [3.8, 4) is 5.75 Å². The van der Waals surface area contributed by atoms with Gasteiger partial charge in [-0.3, -0.25) is 10.1 Å². The SMILES string of the molecule is CCNC(=NCc1ccc([N+](=O)[O-])cc1)NCCc1ccccc1OC.I. The van der Waals surface area contributed by atoms with Crippen molar-refractivity contribution < 1.29 is 9.66 Å².